The van der Waals surface area contributed by atoms with E-state index >= 15 is 0 Å². The molecule has 0 radical (unpaired) electrons. The molecule has 1 rings (SSSR count). The van der Waals surface area contributed by atoms with Crippen LogP contribution in [0, 0.1) is 0 Å². The Morgan fingerprint density at radius 2 is 1.89 bits per heavy atom. The highest BCUT2D eigenvalue weighted by atomic mass is 16.5. The summed E-state index contributed by atoms with van der Waals surface area (Å²) in [6.07, 6.45) is 6.54. The second-order valence-corrected chi connectivity index (χ2v) is 5.06. The molecule has 0 spiro atoms. The third kappa shape index (κ3) is 2.89. The molecule has 0 fully saturated rings. The van der Waals surface area contributed by atoms with Crippen LogP contribution in [0.15, 0.2) is 11.8 Å². The van der Waals surface area contributed by atoms with Gasteiger partial charge >= 0.3 is 0 Å². The number of allylic oxidation sites excluding steroid dienone is 1. The first-order valence-electron chi connectivity index (χ1n) is 7.49. The van der Waals surface area contributed by atoms with Crippen molar-refractivity contribution < 1.29 is 4.74 Å². The van der Waals surface area contributed by atoms with Crippen LogP contribution in [0.3, 0.4) is 0 Å². The largest absolute Gasteiger partial charge is 0.497 e. The van der Waals surface area contributed by atoms with Gasteiger partial charge in [-0.15, -0.1) is 0 Å². The van der Waals surface area contributed by atoms with Crippen LogP contribution < -0.4 is 5.73 Å². The van der Waals surface area contributed by atoms with Gasteiger partial charge < -0.3 is 10.5 Å². The second kappa shape index (κ2) is 7.15. The summed E-state index contributed by atoms with van der Waals surface area (Å²) >= 11 is 0. The van der Waals surface area contributed by atoms with Gasteiger partial charge in [-0.2, -0.15) is 0 Å². The smallest absolute Gasteiger partial charge is 0.111 e. The molecule has 3 heteroatoms. The van der Waals surface area contributed by atoms with E-state index in [0.29, 0.717) is 0 Å². The fraction of sp³-hybridized carbons (Fsp3) is 0.867. The third-order valence-corrected chi connectivity index (χ3v) is 4.47. The molecule has 18 heavy (non-hydrogen) atoms. The van der Waals surface area contributed by atoms with E-state index in [1.807, 2.05) is 0 Å². The van der Waals surface area contributed by atoms with E-state index in [1.54, 1.807) is 0 Å². The van der Waals surface area contributed by atoms with E-state index in [0.717, 1.165) is 51.1 Å². The van der Waals surface area contributed by atoms with Crippen molar-refractivity contribution in [2.75, 3.05) is 19.7 Å². The van der Waals surface area contributed by atoms with Crippen LogP contribution >= 0.6 is 0 Å². The standard InChI is InChI=1S/C15H30N2O/c1-5-15(6-2,17(7-3)8-4)14(16)13-11-9-10-12-18-13/h11,14H,5-10,12,16H2,1-4H3. The lowest BCUT2D eigenvalue weighted by molar-refractivity contribution is 0.0455. The normalized spacial score (nSPS) is 18.4. The minimum absolute atomic E-state index is 0.00676. The van der Waals surface area contributed by atoms with Crippen molar-refractivity contribution >= 4 is 0 Å². The molecule has 3 nitrogen and oxygen atoms in total. The van der Waals surface area contributed by atoms with Crippen LogP contribution in [0.5, 0.6) is 0 Å². The van der Waals surface area contributed by atoms with Gasteiger partial charge in [0.15, 0.2) is 0 Å². The lowest BCUT2D eigenvalue weighted by Gasteiger charge is -2.47. The maximum absolute atomic E-state index is 6.57. The Labute approximate surface area is 112 Å². The summed E-state index contributed by atoms with van der Waals surface area (Å²) in [7, 11) is 0. The molecule has 0 aromatic rings. The molecule has 0 amide bonds. The number of nitrogens with two attached hydrogens (primary N) is 1. The van der Waals surface area contributed by atoms with E-state index < -0.39 is 0 Å². The third-order valence-electron chi connectivity index (χ3n) is 4.47. The molecule has 106 valence electrons. The molecule has 0 aromatic heterocycles. The molecule has 1 heterocycles. The molecule has 0 saturated heterocycles. The zero-order valence-corrected chi connectivity index (χ0v) is 12.5. The van der Waals surface area contributed by atoms with Crippen LogP contribution in [0.1, 0.15) is 53.4 Å². The number of nitrogens with zero attached hydrogens (tertiary/aromatic N) is 1. The first kappa shape index (κ1) is 15.5. The van der Waals surface area contributed by atoms with Crippen molar-refractivity contribution in [3.8, 4) is 0 Å². The lowest BCUT2D eigenvalue weighted by atomic mass is 9.81. The van der Waals surface area contributed by atoms with E-state index in [1.165, 1.54) is 0 Å². The highest BCUT2D eigenvalue weighted by Gasteiger charge is 2.40. The minimum Gasteiger partial charge on any atom is -0.497 e. The van der Waals surface area contributed by atoms with Gasteiger partial charge in [0.1, 0.15) is 5.76 Å². The molecule has 0 bridgehead atoms. The first-order valence-corrected chi connectivity index (χ1v) is 7.49. The highest BCUT2D eigenvalue weighted by Crippen LogP contribution is 2.32. The molecular formula is C15H30N2O. The fourth-order valence-corrected chi connectivity index (χ4v) is 3.25. The highest BCUT2D eigenvalue weighted by molar-refractivity contribution is 5.14. The number of hydrogen-bond donors (Lipinski definition) is 1. The lowest BCUT2D eigenvalue weighted by Crippen LogP contribution is -2.60. The summed E-state index contributed by atoms with van der Waals surface area (Å²) in [4.78, 5) is 2.50. The van der Waals surface area contributed by atoms with Crippen molar-refractivity contribution in [3.05, 3.63) is 11.8 Å². The summed E-state index contributed by atoms with van der Waals surface area (Å²) in [6, 6.07) is -0.00676. The molecule has 0 aromatic carbocycles. The zero-order valence-electron chi connectivity index (χ0n) is 12.5. The van der Waals surface area contributed by atoms with Crippen LogP contribution in [0.4, 0.5) is 0 Å². The monoisotopic (exact) mass is 254 g/mol. The number of hydrogen-bond acceptors (Lipinski definition) is 3. The summed E-state index contributed by atoms with van der Waals surface area (Å²) in [5, 5.41) is 0. The molecule has 1 unspecified atom stereocenters. The van der Waals surface area contributed by atoms with Gasteiger partial charge in [-0.3, -0.25) is 4.90 Å². The van der Waals surface area contributed by atoms with E-state index in [4.69, 9.17) is 10.5 Å². The molecule has 1 aliphatic rings. The van der Waals surface area contributed by atoms with Gasteiger partial charge in [0, 0.05) is 5.54 Å². The molecule has 0 aliphatic carbocycles. The summed E-state index contributed by atoms with van der Waals surface area (Å²) in [5.41, 5.74) is 6.60. The van der Waals surface area contributed by atoms with Gasteiger partial charge in [-0.1, -0.05) is 27.7 Å². The SMILES string of the molecule is CCN(CC)C(CC)(CC)C(N)C1=CCCCO1. The number of rotatable bonds is 7. The Morgan fingerprint density at radius 1 is 1.28 bits per heavy atom. The topological polar surface area (TPSA) is 38.5 Å². The van der Waals surface area contributed by atoms with Crippen molar-refractivity contribution in [1.82, 2.24) is 4.90 Å². The number of ether oxygens (including phenoxy) is 1. The second-order valence-electron chi connectivity index (χ2n) is 5.06. The Hall–Kier alpha value is -0.540. The van der Waals surface area contributed by atoms with Gasteiger partial charge in [0.25, 0.3) is 0 Å². The van der Waals surface area contributed by atoms with Crippen molar-refractivity contribution in [1.29, 1.82) is 0 Å². The molecule has 1 atom stereocenters. The average molecular weight is 254 g/mol. The molecule has 0 saturated carbocycles. The quantitative estimate of drug-likeness (QED) is 0.759. The predicted molar refractivity (Wildman–Crippen MR) is 77.5 cm³/mol. The first-order chi connectivity index (χ1) is 8.66. The molecular weight excluding hydrogens is 224 g/mol. The maximum atomic E-state index is 6.57. The van der Waals surface area contributed by atoms with E-state index in [-0.39, 0.29) is 11.6 Å². The fourth-order valence-electron chi connectivity index (χ4n) is 3.25. The Kier molecular flexibility index (Phi) is 6.16. The van der Waals surface area contributed by atoms with E-state index in [2.05, 4.69) is 38.7 Å². The van der Waals surface area contributed by atoms with Gasteiger partial charge in [0.2, 0.25) is 0 Å². The molecule has 2 N–H and O–H groups in total. The van der Waals surface area contributed by atoms with Gasteiger partial charge in [-0.05, 0) is 44.8 Å². The average Bonchev–Trinajstić information content (AvgIpc) is 2.45. The van der Waals surface area contributed by atoms with E-state index in [9.17, 15) is 0 Å². The van der Waals surface area contributed by atoms with Crippen LogP contribution in [0.2, 0.25) is 0 Å². The number of likely N-dealkylation sites (N-methyl/N-ethyl adjacent to an activating group) is 1. The van der Waals surface area contributed by atoms with Crippen molar-refractivity contribution in [3.63, 3.8) is 0 Å². The van der Waals surface area contributed by atoms with Gasteiger partial charge in [-0.25, -0.2) is 0 Å². The predicted octanol–water partition coefficient (Wildman–Crippen LogP) is 2.91. The Morgan fingerprint density at radius 3 is 2.28 bits per heavy atom. The Bertz CT molecular complexity index is 268. The van der Waals surface area contributed by atoms with Gasteiger partial charge in [0.05, 0.1) is 12.6 Å². The van der Waals surface area contributed by atoms with Crippen LogP contribution in [-0.2, 0) is 4.74 Å². The zero-order chi connectivity index (χ0) is 13.6. The maximum Gasteiger partial charge on any atom is 0.111 e. The molecule has 1 aliphatic heterocycles. The van der Waals surface area contributed by atoms with Crippen molar-refractivity contribution in [2.45, 2.75) is 65.0 Å². The summed E-state index contributed by atoms with van der Waals surface area (Å²) in [5.74, 6) is 1.01. The Balaban J connectivity index is 2.98. The summed E-state index contributed by atoms with van der Waals surface area (Å²) in [6.45, 7) is 11.8. The van der Waals surface area contributed by atoms with Crippen LogP contribution in [-0.4, -0.2) is 36.2 Å². The van der Waals surface area contributed by atoms with Crippen molar-refractivity contribution in [2.24, 2.45) is 5.73 Å². The summed E-state index contributed by atoms with van der Waals surface area (Å²) < 4.78 is 5.80. The minimum atomic E-state index is -0.00676. The van der Waals surface area contributed by atoms with Crippen LogP contribution in [0.25, 0.3) is 0 Å².